The molecule has 0 aliphatic carbocycles. The summed E-state index contributed by atoms with van der Waals surface area (Å²) < 4.78 is 5.87. The summed E-state index contributed by atoms with van der Waals surface area (Å²) in [6.07, 6.45) is 4.94. The Balaban J connectivity index is 1.86. The number of allylic oxidation sites excluding steroid dienone is 1. The van der Waals surface area contributed by atoms with Crippen LogP contribution in [-0.4, -0.2) is 18.4 Å². The molecule has 0 bridgehead atoms. The van der Waals surface area contributed by atoms with Gasteiger partial charge in [-0.3, -0.25) is 4.99 Å². The average Bonchev–Trinajstić information content (AvgIpc) is 2.58. The van der Waals surface area contributed by atoms with E-state index in [-0.39, 0.29) is 6.04 Å². The van der Waals surface area contributed by atoms with Crippen molar-refractivity contribution in [1.29, 1.82) is 0 Å². The van der Waals surface area contributed by atoms with Gasteiger partial charge in [-0.1, -0.05) is 49.2 Å². The van der Waals surface area contributed by atoms with Crippen LogP contribution in [0.3, 0.4) is 0 Å². The minimum atomic E-state index is 0.239. The summed E-state index contributed by atoms with van der Waals surface area (Å²) >= 11 is 12.2. The van der Waals surface area contributed by atoms with Crippen molar-refractivity contribution >= 4 is 35.0 Å². The molecule has 1 unspecified atom stereocenters. The first-order chi connectivity index (χ1) is 12.4. The second kappa shape index (κ2) is 8.28. The van der Waals surface area contributed by atoms with E-state index in [0.29, 0.717) is 16.0 Å². The Morgan fingerprint density at radius 2 is 1.96 bits per heavy atom. The van der Waals surface area contributed by atoms with Gasteiger partial charge in [0.1, 0.15) is 5.75 Å². The largest absolute Gasteiger partial charge is 0.493 e. The summed E-state index contributed by atoms with van der Waals surface area (Å²) in [5.41, 5.74) is 4.33. The highest BCUT2D eigenvalue weighted by molar-refractivity contribution is 6.35. The number of nitrogens with zero attached hydrogens (tertiary/aromatic N) is 1. The molecule has 4 heteroatoms. The zero-order valence-corrected chi connectivity index (χ0v) is 16.8. The van der Waals surface area contributed by atoms with E-state index in [1.54, 1.807) is 6.07 Å². The fourth-order valence-electron chi connectivity index (χ4n) is 2.95. The highest BCUT2D eigenvalue weighted by Gasteiger charge is 2.17. The quantitative estimate of drug-likeness (QED) is 0.575. The van der Waals surface area contributed by atoms with Crippen molar-refractivity contribution in [2.75, 3.05) is 6.61 Å². The summed E-state index contributed by atoms with van der Waals surface area (Å²) in [7, 11) is 0. The number of rotatable bonds is 5. The van der Waals surface area contributed by atoms with Crippen LogP contribution in [0.2, 0.25) is 10.0 Å². The van der Waals surface area contributed by atoms with Gasteiger partial charge in [-0.15, -0.1) is 0 Å². The highest BCUT2D eigenvalue weighted by atomic mass is 35.5. The van der Waals surface area contributed by atoms with Crippen LogP contribution >= 0.6 is 23.2 Å². The van der Waals surface area contributed by atoms with Crippen molar-refractivity contribution in [2.45, 2.75) is 33.2 Å². The lowest BCUT2D eigenvalue weighted by Gasteiger charge is -2.21. The molecule has 1 atom stereocenters. The molecule has 2 aromatic carbocycles. The van der Waals surface area contributed by atoms with Crippen LogP contribution in [0.4, 0.5) is 0 Å². The molecule has 0 amide bonds. The van der Waals surface area contributed by atoms with E-state index < -0.39 is 0 Å². The SMILES string of the molecule is CC(C)COc1ccc2c(c1)CC(C)N=C2/C=C/c1ccc(Cl)cc1Cl. The topological polar surface area (TPSA) is 21.6 Å². The Hall–Kier alpha value is -1.77. The molecule has 136 valence electrons. The van der Waals surface area contributed by atoms with Gasteiger partial charge in [0.15, 0.2) is 0 Å². The molecule has 3 rings (SSSR count). The van der Waals surface area contributed by atoms with E-state index in [1.165, 1.54) is 5.56 Å². The summed E-state index contributed by atoms with van der Waals surface area (Å²) in [6, 6.07) is 12.0. The average molecular weight is 388 g/mol. The molecule has 0 spiro atoms. The molecule has 0 fully saturated rings. The predicted molar refractivity (Wildman–Crippen MR) is 112 cm³/mol. The van der Waals surface area contributed by atoms with Crippen molar-refractivity contribution < 1.29 is 4.74 Å². The van der Waals surface area contributed by atoms with Gasteiger partial charge in [-0.2, -0.15) is 0 Å². The van der Waals surface area contributed by atoms with Crippen molar-refractivity contribution in [3.8, 4) is 5.75 Å². The van der Waals surface area contributed by atoms with Gasteiger partial charge in [-0.25, -0.2) is 0 Å². The van der Waals surface area contributed by atoms with Crippen LogP contribution in [-0.2, 0) is 6.42 Å². The van der Waals surface area contributed by atoms with Crippen LogP contribution < -0.4 is 4.74 Å². The Morgan fingerprint density at radius 1 is 1.15 bits per heavy atom. The van der Waals surface area contributed by atoms with E-state index in [1.807, 2.05) is 30.4 Å². The molecule has 0 aromatic heterocycles. The lowest BCUT2D eigenvalue weighted by Crippen LogP contribution is -2.17. The zero-order chi connectivity index (χ0) is 18.7. The monoisotopic (exact) mass is 387 g/mol. The maximum absolute atomic E-state index is 6.27. The van der Waals surface area contributed by atoms with E-state index in [2.05, 4.69) is 32.9 Å². The van der Waals surface area contributed by atoms with Crippen molar-refractivity contribution in [3.05, 3.63) is 69.2 Å². The number of fused-ring (bicyclic) bond motifs is 1. The molecular formula is C22H23Cl2NO. The summed E-state index contributed by atoms with van der Waals surface area (Å²) in [4.78, 5) is 4.81. The summed E-state index contributed by atoms with van der Waals surface area (Å²) in [5.74, 6) is 1.43. The number of halogens is 2. The van der Waals surface area contributed by atoms with Gasteiger partial charge < -0.3 is 4.74 Å². The molecule has 1 aliphatic rings. The molecule has 0 saturated carbocycles. The first-order valence-electron chi connectivity index (χ1n) is 8.89. The Bertz CT molecular complexity index is 855. The van der Waals surface area contributed by atoms with Crippen molar-refractivity contribution in [3.63, 3.8) is 0 Å². The molecular weight excluding hydrogens is 365 g/mol. The molecule has 0 N–H and O–H groups in total. The minimum absolute atomic E-state index is 0.239. The van der Waals surface area contributed by atoms with E-state index in [9.17, 15) is 0 Å². The Kier molecular flexibility index (Phi) is 6.05. The third-order valence-corrected chi connectivity index (χ3v) is 4.76. The molecule has 0 saturated heterocycles. The van der Waals surface area contributed by atoms with E-state index in [0.717, 1.165) is 35.6 Å². The second-order valence-electron chi connectivity index (χ2n) is 7.09. The van der Waals surface area contributed by atoms with Gasteiger partial charge in [0.05, 0.1) is 18.4 Å². The Morgan fingerprint density at radius 3 is 2.69 bits per heavy atom. The smallest absolute Gasteiger partial charge is 0.119 e. The highest BCUT2D eigenvalue weighted by Crippen LogP contribution is 2.27. The van der Waals surface area contributed by atoms with Gasteiger partial charge in [0.25, 0.3) is 0 Å². The fraction of sp³-hybridized carbons (Fsp3) is 0.318. The minimum Gasteiger partial charge on any atom is -0.493 e. The number of benzene rings is 2. The van der Waals surface area contributed by atoms with Gasteiger partial charge in [-0.05, 0) is 66.8 Å². The summed E-state index contributed by atoms with van der Waals surface area (Å²) in [5, 5.41) is 1.27. The zero-order valence-electron chi connectivity index (χ0n) is 15.3. The number of hydrogen-bond acceptors (Lipinski definition) is 2. The maximum atomic E-state index is 6.27. The third kappa shape index (κ3) is 4.69. The molecule has 1 heterocycles. The van der Waals surface area contributed by atoms with Gasteiger partial charge >= 0.3 is 0 Å². The van der Waals surface area contributed by atoms with Gasteiger partial charge in [0.2, 0.25) is 0 Å². The normalized spacial score (nSPS) is 16.7. The van der Waals surface area contributed by atoms with Crippen LogP contribution in [0.25, 0.3) is 6.08 Å². The first kappa shape index (κ1) is 19.0. The van der Waals surface area contributed by atoms with E-state index in [4.69, 9.17) is 32.9 Å². The van der Waals surface area contributed by atoms with Crippen LogP contribution in [0.1, 0.15) is 37.5 Å². The molecule has 26 heavy (non-hydrogen) atoms. The van der Waals surface area contributed by atoms with Crippen LogP contribution in [0.15, 0.2) is 47.5 Å². The molecule has 2 nitrogen and oxygen atoms in total. The van der Waals surface area contributed by atoms with Crippen molar-refractivity contribution in [2.24, 2.45) is 10.9 Å². The lowest BCUT2D eigenvalue weighted by molar-refractivity contribution is 0.271. The lowest BCUT2D eigenvalue weighted by atomic mass is 9.93. The van der Waals surface area contributed by atoms with Crippen LogP contribution in [0, 0.1) is 5.92 Å². The number of ether oxygens (including phenoxy) is 1. The van der Waals surface area contributed by atoms with Gasteiger partial charge in [0, 0.05) is 15.6 Å². The standard InChI is InChI=1S/C22H23Cl2NO/c1-14(2)13-26-19-7-8-20-17(11-19)10-15(3)25-22(20)9-5-16-4-6-18(23)12-21(16)24/h4-9,11-12,14-15H,10,13H2,1-3H3/b9-5+. The van der Waals surface area contributed by atoms with E-state index >= 15 is 0 Å². The maximum Gasteiger partial charge on any atom is 0.119 e. The molecule has 2 aromatic rings. The third-order valence-electron chi connectivity index (χ3n) is 4.19. The molecule has 1 aliphatic heterocycles. The Labute approximate surface area is 165 Å². The molecule has 0 radical (unpaired) electrons. The van der Waals surface area contributed by atoms with Crippen molar-refractivity contribution in [1.82, 2.24) is 0 Å². The predicted octanol–water partition coefficient (Wildman–Crippen LogP) is 6.48. The number of hydrogen-bond donors (Lipinski definition) is 0. The summed E-state index contributed by atoms with van der Waals surface area (Å²) in [6.45, 7) is 7.16. The second-order valence-corrected chi connectivity index (χ2v) is 7.93. The fourth-order valence-corrected chi connectivity index (χ4v) is 3.42. The number of aliphatic imine (C=N–C) groups is 1. The van der Waals surface area contributed by atoms with Crippen LogP contribution in [0.5, 0.6) is 5.75 Å². The first-order valence-corrected chi connectivity index (χ1v) is 9.65.